The Morgan fingerprint density at radius 1 is 1.67 bits per heavy atom. The van der Waals surface area contributed by atoms with Gasteiger partial charge in [0.1, 0.15) is 0 Å². The number of β-amino-alcohol motifs (C(OH)–C–C–N with tert-alkyl or cyclic N) is 1. The van der Waals surface area contributed by atoms with Crippen LogP contribution in [0.2, 0.25) is 0 Å². The number of hydrogen-bond donors (Lipinski definition) is 1. The molecule has 5 heteroatoms. The van der Waals surface area contributed by atoms with Crippen LogP contribution in [-0.4, -0.2) is 47.8 Å². The molecular weight excluding hydrogens is 197 g/mol. The van der Waals surface area contributed by atoms with Gasteiger partial charge in [-0.2, -0.15) is 0 Å². The quantitative estimate of drug-likeness (QED) is 0.458. The van der Waals surface area contributed by atoms with Crippen LogP contribution in [0.1, 0.15) is 6.42 Å². The van der Waals surface area contributed by atoms with E-state index in [4.69, 9.17) is 5.11 Å². The van der Waals surface area contributed by atoms with Gasteiger partial charge in [-0.1, -0.05) is 0 Å². The minimum Gasteiger partial charge on any atom is -0.392 e. The van der Waals surface area contributed by atoms with Crippen LogP contribution in [0.25, 0.3) is 0 Å². The first-order chi connectivity index (χ1) is 5.15. The summed E-state index contributed by atoms with van der Waals surface area (Å²) in [5, 5.41) is 9.10. The summed E-state index contributed by atoms with van der Waals surface area (Å²) in [5.41, 5.74) is 0. The number of hydrogen-bond acceptors (Lipinski definition) is 4. The van der Waals surface area contributed by atoms with Gasteiger partial charge in [-0.25, -0.2) is 0 Å². The zero-order chi connectivity index (χ0) is 8.43. The van der Waals surface area contributed by atoms with Crippen LogP contribution in [0, 0.1) is 0 Å². The molecule has 4 nitrogen and oxygen atoms in total. The number of ketones is 1. The van der Waals surface area contributed by atoms with Gasteiger partial charge in [0.05, 0.1) is 12.1 Å². The number of aldehydes is 1. The van der Waals surface area contributed by atoms with Crippen LogP contribution in [0.5, 0.6) is 0 Å². The minimum atomic E-state index is -0.464. The number of rotatable bonds is 2. The largest absolute Gasteiger partial charge is 0.392 e. The van der Waals surface area contributed by atoms with Crippen molar-refractivity contribution in [2.45, 2.75) is 18.6 Å². The topological polar surface area (TPSA) is 57.6 Å². The fraction of sp³-hybridized carbons (Fsp3) is 0.714. The Hall–Kier alpha value is -0.156. The molecule has 1 aliphatic rings. The van der Waals surface area contributed by atoms with E-state index in [2.05, 4.69) is 0 Å². The number of aliphatic hydroxyl groups is 1. The first-order valence-corrected chi connectivity index (χ1v) is 3.52. The Morgan fingerprint density at radius 3 is 2.58 bits per heavy atom. The van der Waals surface area contributed by atoms with Crippen LogP contribution in [0.3, 0.4) is 0 Å². The van der Waals surface area contributed by atoms with E-state index in [-0.39, 0.29) is 18.6 Å². The smallest absolute Gasteiger partial charge is 0.212 e. The van der Waals surface area contributed by atoms with E-state index in [0.717, 1.165) is 0 Å². The van der Waals surface area contributed by atoms with Crippen LogP contribution in [0.4, 0.5) is 0 Å². The fourth-order valence-corrected chi connectivity index (χ4v) is 1.38. The van der Waals surface area contributed by atoms with Crippen LogP contribution >= 0.6 is 0 Å². The molecule has 2 atom stereocenters. The summed E-state index contributed by atoms with van der Waals surface area (Å²) >= 11 is 0. The number of aliphatic hydroxyl groups excluding tert-OH is 1. The number of carbonyl (C=O) groups is 2. The second-order valence-electron chi connectivity index (χ2n) is 2.87. The third kappa shape index (κ3) is 2.42. The molecule has 0 bridgehead atoms. The molecule has 1 rings (SSSR count). The Morgan fingerprint density at radius 2 is 2.25 bits per heavy atom. The molecule has 0 saturated carbocycles. The van der Waals surface area contributed by atoms with Crippen molar-refractivity contribution in [3.05, 3.63) is 0 Å². The van der Waals surface area contributed by atoms with E-state index >= 15 is 0 Å². The average Bonchev–Trinajstić information content (AvgIpc) is 2.28. The molecule has 0 amide bonds. The summed E-state index contributed by atoms with van der Waals surface area (Å²) in [7, 11) is 1.72. The predicted octanol–water partition coefficient (Wildman–Crippen LogP) is -1.18. The molecule has 1 aliphatic heterocycles. The molecule has 0 aromatic heterocycles. The van der Waals surface area contributed by atoms with Gasteiger partial charge in [-0.15, -0.1) is 0 Å². The first-order valence-electron chi connectivity index (χ1n) is 3.52. The molecular formula is C7H11NO3V. The number of Topliss-reactive ketones (excluding diaryl/α,β-unsaturated/α-hetero) is 1. The number of carbonyl (C=O) groups excluding carboxylic acids is 2. The summed E-state index contributed by atoms with van der Waals surface area (Å²) in [6.07, 6.45) is 0.238. The van der Waals surface area contributed by atoms with E-state index < -0.39 is 17.9 Å². The molecule has 12 heavy (non-hydrogen) atoms. The minimum absolute atomic E-state index is 0. The normalized spacial score (nSPS) is 29.5. The maximum absolute atomic E-state index is 10.8. The predicted molar refractivity (Wildman–Crippen MR) is 38.1 cm³/mol. The van der Waals surface area contributed by atoms with Gasteiger partial charge in [-0.05, 0) is 13.5 Å². The third-order valence-corrected chi connectivity index (χ3v) is 1.97. The SMILES string of the molecule is CN1CC(O)C[C@@H]1C(=O)C=O.[V]. The molecule has 0 aromatic carbocycles. The zero-order valence-corrected chi connectivity index (χ0v) is 8.20. The second kappa shape index (κ2) is 4.77. The van der Waals surface area contributed by atoms with Gasteiger partial charge in [0.25, 0.3) is 0 Å². The van der Waals surface area contributed by atoms with Crippen LogP contribution < -0.4 is 0 Å². The monoisotopic (exact) mass is 208 g/mol. The second-order valence-corrected chi connectivity index (χ2v) is 2.87. The van der Waals surface area contributed by atoms with Gasteiger partial charge in [0.15, 0.2) is 6.29 Å². The van der Waals surface area contributed by atoms with Crippen molar-refractivity contribution in [1.29, 1.82) is 0 Å². The number of likely N-dealkylation sites (tertiary alicyclic amines) is 1. The molecule has 1 radical (unpaired) electrons. The Balaban J connectivity index is 0.00000121. The molecule has 1 N–H and O–H groups in total. The van der Waals surface area contributed by atoms with E-state index in [1.165, 1.54) is 0 Å². The number of likely N-dealkylation sites (N-methyl/N-ethyl adjacent to an activating group) is 1. The Labute approximate surface area is 82.8 Å². The van der Waals surface area contributed by atoms with Crippen molar-refractivity contribution in [2.75, 3.05) is 13.6 Å². The molecule has 1 unspecified atom stereocenters. The summed E-state index contributed by atoms with van der Waals surface area (Å²) in [4.78, 5) is 22.6. The van der Waals surface area contributed by atoms with E-state index in [9.17, 15) is 9.59 Å². The van der Waals surface area contributed by atoms with Crippen molar-refractivity contribution >= 4 is 12.1 Å². The standard InChI is InChI=1S/C7H11NO3.V/c1-8-3-5(10)2-6(8)7(11)4-9;/h4-6,10H,2-3H2,1H3;/t5?,6-;/m1./s1. The average molecular weight is 208 g/mol. The molecule has 1 saturated heterocycles. The maximum Gasteiger partial charge on any atom is 0.212 e. The third-order valence-electron chi connectivity index (χ3n) is 1.97. The Kier molecular flexibility index (Phi) is 4.71. The van der Waals surface area contributed by atoms with E-state index in [1.54, 1.807) is 11.9 Å². The molecule has 0 aliphatic carbocycles. The fourth-order valence-electron chi connectivity index (χ4n) is 1.38. The zero-order valence-electron chi connectivity index (χ0n) is 6.80. The molecule has 1 heterocycles. The Bertz CT molecular complexity index is 185. The summed E-state index contributed by atoms with van der Waals surface area (Å²) < 4.78 is 0. The molecule has 67 valence electrons. The van der Waals surface area contributed by atoms with Gasteiger partial charge in [0.2, 0.25) is 5.78 Å². The van der Waals surface area contributed by atoms with Crippen molar-refractivity contribution < 1.29 is 33.3 Å². The molecule has 0 aromatic rings. The maximum atomic E-state index is 10.8. The summed E-state index contributed by atoms with van der Waals surface area (Å²) in [5.74, 6) is -0.441. The van der Waals surface area contributed by atoms with Crippen LogP contribution in [0.15, 0.2) is 0 Å². The summed E-state index contributed by atoms with van der Waals surface area (Å²) in [6.45, 7) is 0.476. The van der Waals surface area contributed by atoms with Crippen molar-refractivity contribution in [3.63, 3.8) is 0 Å². The summed E-state index contributed by atoms with van der Waals surface area (Å²) in [6, 6.07) is -0.400. The van der Waals surface area contributed by atoms with E-state index in [1.807, 2.05) is 0 Å². The van der Waals surface area contributed by atoms with Crippen LogP contribution in [-0.2, 0) is 28.1 Å². The van der Waals surface area contributed by atoms with Gasteiger partial charge >= 0.3 is 0 Å². The van der Waals surface area contributed by atoms with E-state index in [0.29, 0.717) is 19.3 Å². The molecule has 1 fully saturated rings. The van der Waals surface area contributed by atoms with Crippen molar-refractivity contribution in [3.8, 4) is 0 Å². The van der Waals surface area contributed by atoms with Gasteiger partial charge < -0.3 is 5.11 Å². The number of nitrogens with zero attached hydrogens (tertiary/aromatic N) is 1. The van der Waals surface area contributed by atoms with Crippen molar-refractivity contribution in [2.24, 2.45) is 0 Å². The van der Waals surface area contributed by atoms with Gasteiger partial charge in [0, 0.05) is 25.1 Å². The first kappa shape index (κ1) is 11.8. The van der Waals surface area contributed by atoms with Crippen molar-refractivity contribution in [1.82, 2.24) is 4.90 Å². The van der Waals surface area contributed by atoms with Gasteiger partial charge in [-0.3, -0.25) is 14.5 Å². The molecule has 0 spiro atoms.